The zero-order valence-corrected chi connectivity index (χ0v) is 16.1. The van der Waals surface area contributed by atoms with Crippen molar-refractivity contribution in [1.82, 2.24) is 19.2 Å². The molecule has 0 N–H and O–H groups in total. The normalized spacial score (nSPS) is 17.7. The van der Waals surface area contributed by atoms with Crippen molar-refractivity contribution in [3.63, 3.8) is 0 Å². The molecule has 2 aromatic carbocycles. The van der Waals surface area contributed by atoms with Crippen LogP contribution in [0.2, 0.25) is 0 Å². The minimum atomic E-state index is 0.447. The molecule has 0 aliphatic carbocycles. The van der Waals surface area contributed by atoms with Crippen LogP contribution in [0.25, 0.3) is 5.69 Å². The third-order valence-corrected chi connectivity index (χ3v) is 5.55. The van der Waals surface area contributed by atoms with Crippen molar-refractivity contribution in [2.75, 3.05) is 6.54 Å². The summed E-state index contributed by atoms with van der Waals surface area (Å²) < 4.78 is 4.78. The summed E-state index contributed by atoms with van der Waals surface area (Å²) in [5.41, 5.74) is 3.70. The van der Waals surface area contributed by atoms with Crippen LogP contribution in [0.5, 0.6) is 0 Å². The Morgan fingerprint density at radius 3 is 2.50 bits per heavy atom. The maximum Gasteiger partial charge on any atom is 0.203 e. The monoisotopic (exact) mass is 364 g/mol. The highest BCUT2D eigenvalue weighted by molar-refractivity contribution is 7.71. The first-order valence-electron chi connectivity index (χ1n) is 9.16. The molecule has 1 aliphatic heterocycles. The molecule has 1 fully saturated rings. The molecule has 4 rings (SSSR count). The average molecular weight is 365 g/mol. The van der Waals surface area contributed by atoms with E-state index < -0.39 is 0 Å². The molecular formula is C21H24N4S. The summed E-state index contributed by atoms with van der Waals surface area (Å²) in [7, 11) is 0. The van der Waals surface area contributed by atoms with Gasteiger partial charge < -0.3 is 0 Å². The van der Waals surface area contributed by atoms with Gasteiger partial charge in [0, 0.05) is 18.3 Å². The number of hydrogen-bond donors (Lipinski definition) is 0. The smallest absolute Gasteiger partial charge is 0.203 e. The van der Waals surface area contributed by atoms with Crippen LogP contribution < -0.4 is 0 Å². The number of nitrogens with zero attached hydrogens (tertiary/aromatic N) is 4. The number of aromatic nitrogens is 3. The molecule has 134 valence electrons. The molecule has 0 amide bonds. The zero-order valence-electron chi connectivity index (χ0n) is 15.3. The van der Waals surface area contributed by atoms with E-state index in [1.807, 2.05) is 11.6 Å². The minimum Gasteiger partial charge on any atom is -0.277 e. The van der Waals surface area contributed by atoms with E-state index in [0.29, 0.717) is 6.04 Å². The number of likely N-dealkylation sites (tertiary alicyclic amines) is 1. The Bertz CT molecular complexity index is 940. The van der Waals surface area contributed by atoms with Crippen molar-refractivity contribution in [2.24, 2.45) is 0 Å². The molecule has 1 aromatic heterocycles. The largest absolute Gasteiger partial charge is 0.277 e. The first kappa shape index (κ1) is 17.2. The van der Waals surface area contributed by atoms with Crippen LogP contribution in [-0.4, -0.2) is 25.8 Å². The van der Waals surface area contributed by atoms with Gasteiger partial charge in [-0.15, -0.1) is 0 Å². The molecule has 1 aliphatic rings. The van der Waals surface area contributed by atoms with Crippen molar-refractivity contribution in [3.8, 4) is 5.69 Å². The summed E-state index contributed by atoms with van der Waals surface area (Å²) >= 11 is 5.75. The van der Waals surface area contributed by atoms with Crippen LogP contribution in [-0.2, 0) is 6.67 Å². The summed E-state index contributed by atoms with van der Waals surface area (Å²) in [6, 6.07) is 19.6. The van der Waals surface area contributed by atoms with Gasteiger partial charge in [0.2, 0.25) is 4.77 Å². The van der Waals surface area contributed by atoms with E-state index in [-0.39, 0.29) is 0 Å². The number of benzene rings is 2. The second kappa shape index (κ2) is 7.17. The number of aryl methyl sites for hydroxylation is 2. The predicted molar refractivity (Wildman–Crippen MR) is 107 cm³/mol. The predicted octanol–water partition coefficient (Wildman–Crippen LogP) is 4.81. The van der Waals surface area contributed by atoms with Crippen LogP contribution >= 0.6 is 12.2 Å². The van der Waals surface area contributed by atoms with Crippen molar-refractivity contribution in [2.45, 2.75) is 39.4 Å². The Labute approximate surface area is 159 Å². The van der Waals surface area contributed by atoms with Gasteiger partial charge in [0.05, 0.1) is 6.67 Å². The minimum absolute atomic E-state index is 0.447. The zero-order chi connectivity index (χ0) is 18.1. The van der Waals surface area contributed by atoms with Crippen LogP contribution in [0.3, 0.4) is 0 Å². The van der Waals surface area contributed by atoms with Crippen molar-refractivity contribution >= 4 is 12.2 Å². The van der Waals surface area contributed by atoms with Gasteiger partial charge in [0.1, 0.15) is 5.82 Å². The van der Waals surface area contributed by atoms with E-state index in [1.54, 1.807) is 0 Å². The SMILES string of the molecule is Cc1ccc(-n2c(C)nn(CN3CCC[C@@H]3c3ccccc3)c2=S)cc1. The maximum atomic E-state index is 5.75. The molecular weight excluding hydrogens is 340 g/mol. The van der Waals surface area contributed by atoms with E-state index >= 15 is 0 Å². The Morgan fingerprint density at radius 2 is 1.77 bits per heavy atom. The molecule has 5 heteroatoms. The molecule has 3 aromatic rings. The van der Waals surface area contributed by atoms with Crippen LogP contribution in [0.4, 0.5) is 0 Å². The standard InChI is InChI=1S/C21H24N4S/c1-16-10-12-19(13-11-16)25-17(2)22-24(21(25)26)15-23-14-6-9-20(23)18-7-4-3-5-8-18/h3-5,7-8,10-13,20H,6,9,14-15H2,1-2H3/t20-/m1/s1. The van der Waals surface area contributed by atoms with E-state index in [9.17, 15) is 0 Å². The average Bonchev–Trinajstić information content (AvgIpc) is 3.22. The van der Waals surface area contributed by atoms with Crippen molar-refractivity contribution in [3.05, 3.63) is 76.3 Å². The van der Waals surface area contributed by atoms with Gasteiger partial charge in [-0.05, 0) is 56.6 Å². The quantitative estimate of drug-likeness (QED) is 0.621. The van der Waals surface area contributed by atoms with Crippen LogP contribution in [0, 0.1) is 18.6 Å². The van der Waals surface area contributed by atoms with Crippen molar-refractivity contribution in [1.29, 1.82) is 0 Å². The van der Waals surface area contributed by atoms with Crippen LogP contribution in [0.15, 0.2) is 54.6 Å². The second-order valence-electron chi connectivity index (χ2n) is 7.02. The van der Waals surface area contributed by atoms with Gasteiger partial charge in [-0.1, -0.05) is 48.0 Å². The van der Waals surface area contributed by atoms with Crippen molar-refractivity contribution < 1.29 is 0 Å². The Balaban J connectivity index is 1.62. The highest BCUT2D eigenvalue weighted by atomic mass is 32.1. The lowest BCUT2D eigenvalue weighted by Crippen LogP contribution is -2.27. The highest BCUT2D eigenvalue weighted by Crippen LogP contribution is 2.32. The Morgan fingerprint density at radius 1 is 1.04 bits per heavy atom. The van der Waals surface area contributed by atoms with E-state index in [0.717, 1.165) is 29.5 Å². The molecule has 1 atom stereocenters. The van der Waals surface area contributed by atoms with Gasteiger partial charge in [-0.3, -0.25) is 9.47 Å². The molecule has 0 saturated carbocycles. The fourth-order valence-electron chi connectivity index (χ4n) is 3.82. The first-order chi connectivity index (χ1) is 12.6. The first-order valence-corrected chi connectivity index (χ1v) is 9.57. The van der Waals surface area contributed by atoms with Gasteiger partial charge in [-0.25, -0.2) is 4.68 Å². The lowest BCUT2D eigenvalue weighted by atomic mass is 10.1. The lowest BCUT2D eigenvalue weighted by Gasteiger charge is -2.24. The summed E-state index contributed by atoms with van der Waals surface area (Å²) in [6.07, 6.45) is 2.40. The fraction of sp³-hybridized carbons (Fsp3) is 0.333. The molecule has 4 nitrogen and oxygen atoms in total. The summed E-state index contributed by atoms with van der Waals surface area (Å²) in [5.74, 6) is 0.925. The molecule has 0 unspecified atom stereocenters. The number of rotatable bonds is 4. The second-order valence-corrected chi connectivity index (χ2v) is 7.39. The van der Waals surface area contributed by atoms with E-state index in [1.165, 1.54) is 24.0 Å². The number of hydrogen-bond acceptors (Lipinski definition) is 3. The highest BCUT2D eigenvalue weighted by Gasteiger charge is 2.26. The Kier molecular flexibility index (Phi) is 4.74. The maximum absolute atomic E-state index is 5.75. The fourth-order valence-corrected chi connectivity index (χ4v) is 4.16. The van der Waals surface area contributed by atoms with Gasteiger partial charge >= 0.3 is 0 Å². The molecule has 0 bridgehead atoms. The topological polar surface area (TPSA) is 26.0 Å². The Hall–Kier alpha value is -2.24. The van der Waals surface area contributed by atoms with Gasteiger partial charge in [0.25, 0.3) is 0 Å². The lowest BCUT2D eigenvalue weighted by molar-refractivity contribution is 0.189. The van der Waals surface area contributed by atoms with Crippen LogP contribution in [0.1, 0.15) is 35.8 Å². The summed E-state index contributed by atoms with van der Waals surface area (Å²) in [6.45, 7) is 5.93. The van der Waals surface area contributed by atoms with E-state index in [2.05, 4.69) is 71.0 Å². The third-order valence-electron chi connectivity index (χ3n) is 5.16. The molecule has 1 saturated heterocycles. The molecule has 2 heterocycles. The van der Waals surface area contributed by atoms with E-state index in [4.69, 9.17) is 17.3 Å². The van der Waals surface area contributed by atoms with Gasteiger partial charge in [0.15, 0.2) is 0 Å². The summed E-state index contributed by atoms with van der Waals surface area (Å²) in [5, 5.41) is 4.73. The molecule has 0 spiro atoms. The molecule has 26 heavy (non-hydrogen) atoms. The molecule has 0 radical (unpaired) electrons. The summed E-state index contributed by atoms with van der Waals surface area (Å²) in [4.78, 5) is 2.48. The third kappa shape index (κ3) is 3.24. The van der Waals surface area contributed by atoms with Gasteiger partial charge in [-0.2, -0.15) is 5.10 Å².